The first-order valence-electron chi connectivity index (χ1n) is 9.45. The lowest BCUT2D eigenvalue weighted by molar-refractivity contribution is -0.122. The molecule has 0 atom stereocenters. The molecule has 7 nitrogen and oxygen atoms in total. The zero-order valence-electron chi connectivity index (χ0n) is 16.5. The van der Waals surface area contributed by atoms with Crippen LogP contribution in [0.2, 0.25) is 5.02 Å². The Kier molecular flexibility index (Phi) is 6.22. The van der Waals surface area contributed by atoms with Gasteiger partial charge in [0.1, 0.15) is 12.3 Å². The average Bonchev–Trinajstić information content (AvgIpc) is 3.07. The van der Waals surface area contributed by atoms with Crippen molar-refractivity contribution in [1.82, 2.24) is 25.0 Å². The van der Waals surface area contributed by atoms with Crippen LogP contribution in [0, 0.1) is 33.6 Å². The summed E-state index contributed by atoms with van der Waals surface area (Å²) in [6.45, 7) is 11.3. The molecular formula is C19H28ClN5O2. The molecule has 27 heavy (non-hydrogen) atoms. The summed E-state index contributed by atoms with van der Waals surface area (Å²) in [7, 11) is 0. The highest BCUT2D eigenvalue weighted by atomic mass is 35.5. The number of hydrogen-bond donors (Lipinski definition) is 1. The summed E-state index contributed by atoms with van der Waals surface area (Å²) in [5.74, 6) is 2.17. The third-order valence-electron chi connectivity index (χ3n) is 5.31. The number of hydrogen-bond acceptors (Lipinski definition) is 5. The molecule has 0 saturated carbocycles. The van der Waals surface area contributed by atoms with Crippen molar-refractivity contribution in [3.8, 4) is 0 Å². The molecule has 0 radical (unpaired) electrons. The Labute approximate surface area is 165 Å². The highest BCUT2D eigenvalue weighted by Crippen LogP contribution is 2.20. The van der Waals surface area contributed by atoms with E-state index in [1.54, 1.807) is 4.68 Å². The van der Waals surface area contributed by atoms with E-state index in [2.05, 4.69) is 20.3 Å². The van der Waals surface area contributed by atoms with Crippen molar-refractivity contribution in [2.24, 2.45) is 5.92 Å². The molecule has 0 aliphatic carbocycles. The molecule has 1 aliphatic rings. The van der Waals surface area contributed by atoms with Crippen LogP contribution >= 0.6 is 11.6 Å². The summed E-state index contributed by atoms with van der Waals surface area (Å²) < 4.78 is 7.33. The minimum atomic E-state index is -0.0227. The zero-order valence-corrected chi connectivity index (χ0v) is 17.3. The van der Waals surface area contributed by atoms with E-state index in [4.69, 9.17) is 16.0 Å². The van der Waals surface area contributed by atoms with Crippen molar-refractivity contribution in [2.45, 2.75) is 53.6 Å². The van der Waals surface area contributed by atoms with Crippen molar-refractivity contribution in [1.29, 1.82) is 0 Å². The Morgan fingerprint density at radius 3 is 2.48 bits per heavy atom. The van der Waals surface area contributed by atoms with Gasteiger partial charge in [0.05, 0.1) is 28.6 Å². The lowest BCUT2D eigenvalue weighted by atomic mass is 9.97. The van der Waals surface area contributed by atoms with E-state index in [9.17, 15) is 4.79 Å². The van der Waals surface area contributed by atoms with E-state index in [0.29, 0.717) is 17.5 Å². The minimum Gasteiger partial charge on any atom is -0.444 e. The molecule has 0 bridgehead atoms. The molecule has 8 heteroatoms. The number of likely N-dealkylation sites (tertiary alicyclic amines) is 1. The van der Waals surface area contributed by atoms with Gasteiger partial charge in [-0.05, 0) is 59.5 Å². The fourth-order valence-electron chi connectivity index (χ4n) is 3.43. The number of aromatic nitrogens is 3. The normalized spacial score (nSPS) is 16.0. The maximum absolute atomic E-state index is 12.2. The van der Waals surface area contributed by atoms with Crippen LogP contribution in [0.1, 0.15) is 41.6 Å². The van der Waals surface area contributed by atoms with Crippen LogP contribution < -0.4 is 5.32 Å². The Hall–Kier alpha value is -1.86. The molecule has 2 aromatic heterocycles. The molecule has 1 aliphatic heterocycles. The lowest BCUT2D eigenvalue weighted by Crippen LogP contribution is -2.39. The van der Waals surface area contributed by atoms with E-state index in [1.807, 2.05) is 27.7 Å². The van der Waals surface area contributed by atoms with Crippen LogP contribution in [-0.4, -0.2) is 45.2 Å². The molecule has 0 spiro atoms. The molecule has 1 saturated heterocycles. The molecule has 3 heterocycles. The van der Waals surface area contributed by atoms with E-state index in [0.717, 1.165) is 61.2 Å². The molecular weight excluding hydrogens is 366 g/mol. The van der Waals surface area contributed by atoms with Gasteiger partial charge in [0.15, 0.2) is 0 Å². The third kappa shape index (κ3) is 4.90. The number of carbonyl (C=O) groups is 1. The smallest absolute Gasteiger partial charge is 0.241 e. The first-order chi connectivity index (χ1) is 12.8. The third-order valence-corrected chi connectivity index (χ3v) is 5.86. The largest absolute Gasteiger partial charge is 0.444 e. The maximum Gasteiger partial charge on any atom is 0.241 e. The first kappa shape index (κ1) is 19.9. The fourth-order valence-corrected chi connectivity index (χ4v) is 3.56. The van der Waals surface area contributed by atoms with Gasteiger partial charge >= 0.3 is 0 Å². The standard InChI is InChI=1S/C19H28ClN5O2/c1-12-15(4)27-18(22-12)11-24-7-5-16(6-8-24)9-21-17(26)10-25-14(3)19(20)13(2)23-25/h16H,5-11H2,1-4H3,(H,21,26). The summed E-state index contributed by atoms with van der Waals surface area (Å²) in [6, 6.07) is 0. The summed E-state index contributed by atoms with van der Waals surface area (Å²) in [4.78, 5) is 19.0. The predicted octanol–water partition coefficient (Wildman–Crippen LogP) is 2.79. The Morgan fingerprint density at radius 2 is 1.93 bits per heavy atom. The minimum absolute atomic E-state index is 0.0227. The van der Waals surface area contributed by atoms with Gasteiger partial charge in [-0.15, -0.1) is 0 Å². The van der Waals surface area contributed by atoms with Crippen molar-refractivity contribution in [2.75, 3.05) is 19.6 Å². The average molecular weight is 394 g/mol. The molecule has 0 aromatic carbocycles. The quantitative estimate of drug-likeness (QED) is 0.816. The molecule has 3 rings (SSSR count). The number of oxazole rings is 1. The van der Waals surface area contributed by atoms with Crippen LogP contribution in [-0.2, 0) is 17.9 Å². The van der Waals surface area contributed by atoms with Crippen molar-refractivity contribution in [3.63, 3.8) is 0 Å². The molecule has 148 valence electrons. The van der Waals surface area contributed by atoms with Gasteiger partial charge in [-0.1, -0.05) is 11.6 Å². The molecule has 1 amide bonds. The second-order valence-corrected chi connectivity index (χ2v) is 7.79. The van der Waals surface area contributed by atoms with E-state index in [-0.39, 0.29) is 12.5 Å². The van der Waals surface area contributed by atoms with Crippen LogP contribution in [0.4, 0.5) is 0 Å². The number of nitrogens with one attached hydrogen (secondary N) is 1. The predicted molar refractivity (Wildman–Crippen MR) is 104 cm³/mol. The number of rotatable bonds is 6. The number of aryl methyl sites for hydroxylation is 3. The molecule has 1 N–H and O–H groups in total. The number of piperidine rings is 1. The lowest BCUT2D eigenvalue weighted by Gasteiger charge is -2.31. The van der Waals surface area contributed by atoms with Crippen LogP contribution in [0.15, 0.2) is 4.42 Å². The van der Waals surface area contributed by atoms with E-state index >= 15 is 0 Å². The number of halogens is 1. The maximum atomic E-state index is 12.2. The summed E-state index contributed by atoms with van der Waals surface area (Å²) in [6.07, 6.45) is 2.12. The van der Waals surface area contributed by atoms with E-state index < -0.39 is 0 Å². The van der Waals surface area contributed by atoms with Crippen molar-refractivity contribution in [3.05, 3.63) is 33.8 Å². The van der Waals surface area contributed by atoms with Gasteiger partial charge in [0, 0.05) is 6.54 Å². The highest BCUT2D eigenvalue weighted by Gasteiger charge is 2.21. The van der Waals surface area contributed by atoms with Crippen molar-refractivity contribution < 1.29 is 9.21 Å². The number of amides is 1. The number of nitrogens with zero attached hydrogens (tertiary/aromatic N) is 4. The second-order valence-electron chi connectivity index (χ2n) is 7.42. The van der Waals surface area contributed by atoms with Gasteiger partial charge in [0.25, 0.3) is 0 Å². The molecule has 2 aromatic rings. The van der Waals surface area contributed by atoms with Crippen LogP contribution in [0.25, 0.3) is 0 Å². The molecule has 1 fully saturated rings. The zero-order chi connectivity index (χ0) is 19.6. The Bertz CT molecular complexity index is 786. The van der Waals surface area contributed by atoms with Gasteiger partial charge < -0.3 is 9.73 Å². The fraction of sp³-hybridized carbons (Fsp3) is 0.632. The highest BCUT2D eigenvalue weighted by molar-refractivity contribution is 6.31. The monoisotopic (exact) mass is 393 g/mol. The van der Waals surface area contributed by atoms with Gasteiger partial charge in [0.2, 0.25) is 11.8 Å². The summed E-state index contributed by atoms with van der Waals surface area (Å²) in [5.41, 5.74) is 2.55. The topological polar surface area (TPSA) is 76.2 Å². The van der Waals surface area contributed by atoms with Gasteiger partial charge in [-0.2, -0.15) is 5.10 Å². The summed E-state index contributed by atoms with van der Waals surface area (Å²) in [5, 5.41) is 7.98. The van der Waals surface area contributed by atoms with Crippen LogP contribution in [0.3, 0.4) is 0 Å². The number of carbonyl (C=O) groups excluding carboxylic acids is 1. The van der Waals surface area contributed by atoms with E-state index in [1.165, 1.54) is 0 Å². The van der Waals surface area contributed by atoms with Gasteiger partial charge in [-0.3, -0.25) is 14.4 Å². The van der Waals surface area contributed by atoms with Crippen molar-refractivity contribution >= 4 is 17.5 Å². The summed E-state index contributed by atoms with van der Waals surface area (Å²) >= 11 is 6.13. The van der Waals surface area contributed by atoms with Crippen LogP contribution in [0.5, 0.6) is 0 Å². The second kappa shape index (κ2) is 8.44. The Balaban J connectivity index is 1.40. The SMILES string of the molecule is Cc1nc(CN2CCC(CNC(=O)Cn3nc(C)c(Cl)c3C)CC2)oc1C. The Morgan fingerprint density at radius 1 is 1.22 bits per heavy atom. The first-order valence-corrected chi connectivity index (χ1v) is 9.82. The molecule has 0 unspecified atom stereocenters. The van der Waals surface area contributed by atoms with Gasteiger partial charge in [-0.25, -0.2) is 4.98 Å².